The molecule has 4 nitrogen and oxygen atoms in total. The van der Waals surface area contributed by atoms with E-state index in [-0.39, 0.29) is 23.0 Å². The fourth-order valence-corrected chi connectivity index (χ4v) is 1.84. The molecule has 0 aliphatic rings. The van der Waals surface area contributed by atoms with E-state index in [1.807, 2.05) is 6.07 Å². The Hall–Kier alpha value is -1.91. The number of hydrogen-bond acceptors (Lipinski definition) is 3. The summed E-state index contributed by atoms with van der Waals surface area (Å²) in [7, 11) is 0. The zero-order chi connectivity index (χ0) is 13.7. The zero-order valence-corrected chi connectivity index (χ0v) is 11.9. The molecule has 0 aromatic heterocycles. The topological polar surface area (TPSA) is 55.2 Å². The van der Waals surface area contributed by atoms with Crippen LogP contribution in [-0.4, -0.2) is 4.92 Å². The van der Waals surface area contributed by atoms with Crippen LogP contribution in [0.2, 0.25) is 0 Å². The average Bonchev–Trinajstić information content (AvgIpc) is 2.41. The van der Waals surface area contributed by atoms with Crippen molar-refractivity contribution in [2.24, 2.45) is 0 Å². The van der Waals surface area contributed by atoms with Crippen LogP contribution in [-0.2, 0) is 13.1 Å². The maximum Gasteiger partial charge on any atom is 0.269 e. The lowest BCUT2D eigenvalue weighted by atomic mass is 10.1. The van der Waals surface area contributed by atoms with Crippen LogP contribution in [0, 0.1) is 17.0 Å². The van der Waals surface area contributed by atoms with E-state index < -0.39 is 0 Å². The van der Waals surface area contributed by atoms with Crippen LogP contribution in [0.25, 0.3) is 0 Å². The fraction of sp³-hybridized carbons (Fsp3) is 0.200. The summed E-state index contributed by atoms with van der Waals surface area (Å²) >= 11 is 0. The van der Waals surface area contributed by atoms with E-state index in [4.69, 9.17) is 0 Å². The molecule has 0 aliphatic carbocycles. The number of non-ortho nitro benzene ring substituents is 1. The van der Waals surface area contributed by atoms with Gasteiger partial charge in [0.2, 0.25) is 0 Å². The van der Waals surface area contributed by atoms with E-state index in [0.29, 0.717) is 6.54 Å². The monoisotopic (exact) mass is 291 g/mol. The average molecular weight is 292 g/mol. The van der Waals surface area contributed by atoms with Gasteiger partial charge < -0.3 is 17.7 Å². The Labute approximate surface area is 124 Å². The van der Waals surface area contributed by atoms with Crippen LogP contribution < -0.4 is 17.7 Å². The SMILES string of the molecule is Cc1ccc(CNCc2cccc([N+](=O)[O-])c2)cc1.[Cl-]. The molecule has 20 heavy (non-hydrogen) atoms. The molecule has 0 saturated carbocycles. The first kappa shape index (κ1) is 16.1. The number of hydrogen-bond donors (Lipinski definition) is 1. The molecule has 0 fully saturated rings. The van der Waals surface area contributed by atoms with Crippen LogP contribution in [0.1, 0.15) is 16.7 Å². The third-order valence-electron chi connectivity index (χ3n) is 2.90. The van der Waals surface area contributed by atoms with E-state index in [0.717, 1.165) is 12.1 Å². The second-order valence-corrected chi connectivity index (χ2v) is 4.52. The molecule has 106 valence electrons. The third kappa shape index (κ3) is 4.64. The Morgan fingerprint density at radius 3 is 2.35 bits per heavy atom. The van der Waals surface area contributed by atoms with E-state index in [1.54, 1.807) is 12.1 Å². The summed E-state index contributed by atoms with van der Waals surface area (Å²) in [5.74, 6) is 0. The molecule has 0 atom stereocenters. The van der Waals surface area contributed by atoms with Gasteiger partial charge in [-0.2, -0.15) is 0 Å². The van der Waals surface area contributed by atoms with Crippen LogP contribution >= 0.6 is 0 Å². The minimum Gasteiger partial charge on any atom is -1.00 e. The molecule has 2 rings (SSSR count). The number of nitro benzene ring substituents is 1. The smallest absolute Gasteiger partial charge is 0.269 e. The Morgan fingerprint density at radius 2 is 1.70 bits per heavy atom. The maximum absolute atomic E-state index is 10.7. The summed E-state index contributed by atoms with van der Waals surface area (Å²) in [4.78, 5) is 10.3. The lowest BCUT2D eigenvalue weighted by molar-refractivity contribution is -0.384. The standard InChI is InChI=1S/C15H16N2O2.ClH/c1-12-5-7-13(8-6-12)10-16-11-14-3-2-4-15(9-14)17(18)19;/h2-9,16H,10-11H2,1H3;1H/p-1. The molecule has 5 heteroatoms. The molecule has 0 heterocycles. The maximum atomic E-state index is 10.7. The highest BCUT2D eigenvalue weighted by atomic mass is 35.5. The van der Waals surface area contributed by atoms with Crippen molar-refractivity contribution in [1.82, 2.24) is 5.32 Å². The minimum absolute atomic E-state index is 0. The molecular formula is C15H16ClN2O2-. The number of rotatable bonds is 5. The van der Waals surface area contributed by atoms with Crippen molar-refractivity contribution in [1.29, 1.82) is 0 Å². The van der Waals surface area contributed by atoms with Gasteiger partial charge in [0.15, 0.2) is 0 Å². The Balaban J connectivity index is 0.00000200. The molecule has 1 N–H and O–H groups in total. The predicted octanol–water partition coefficient (Wildman–Crippen LogP) is 0.197. The number of benzene rings is 2. The van der Waals surface area contributed by atoms with E-state index >= 15 is 0 Å². The van der Waals surface area contributed by atoms with Gasteiger partial charge in [-0.15, -0.1) is 0 Å². The van der Waals surface area contributed by atoms with Gasteiger partial charge in [0.1, 0.15) is 0 Å². The molecule has 0 amide bonds. The number of halogens is 1. The molecule has 0 saturated heterocycles. The van der Waals surface area contributed by atoms with E-state index in [2.05, 4.69) is 36.5 Å². The molecule has 0 bridgehead atoms. The Morgan fingerprint density at radius 1 is 1.05 bits per heavy atom. The van der Waals surface area contributed by atoms with E-state index in [1.165, 1.54) is 17.2 Å². The van der Waals surface area contributed by atoms with Crippen molar-refractivity contribution in [3.63, 3.8) is 0 Å². The number of nitrogens with zero attached hydrogens (tertiary/aromatic N) is 1. The van der Waals surface area contributed by atoms with Crippen molar-refractivity contribution in [2.45, 2.75) is 20.0 Å². The number of nitrogens with one attached hydrogen (secondary N) is 1. The summed E-state index contributed by atoms with van der Waals surface area (Å²) in [6.45, 7) is 3.43. The van der Waals surface area contributed by atoms with Crippen LogP contribution in [0.5, 0.6) is 0 Å². The van der Waals surface area contributed by atoms with Crippen molar-refractivity contribution in [2.75, 3.05) is 0 Å². The predicted molar refractivity (Wildman–Crippen MR) is 74.8 cm³/mol. The second-order valence-electron chi connectivity index (χ2n) is 4.52. The van der Waals surface area contributed by atoms with Gasteiger partial charge in [-0.1, -0.05) is 42.0 Å². The quantitative estimate of drug-likeness (QED) is 0.632. The summed E-state index contributed by atoms with van der Waals surface area (Å²) in [5, 5.41) is 13.9. The first-order chi connectivity index (χ1) is 9.15. The van der Waals surface area contributed by atoms with Gasteiger partial charge in [0, 0.05) is 25.2 Å². The summed E-state index contributed by atoms with van der Waals surface area (Å²) in [6, 6.07) is 15.0. The number of aryl methyl sites for hydroxylation is 1. The molecule has 0 radical (unpaired) electrons. The molecule has 0 aliphatic heterocycles. The van der Waals surface area contributed by atoms with Gasteiger partial charge in [-0.3, -0.25) is 10.1 Å². The van der Waals surface area contributed by atoms with Crippen LogP contribution in [0.4, 0.5) is 5.69 Å². The molecule has 0 spiro atoms. The second kappa shape index (κ2) is 7.62. The summed E-state index contributed by atoms with van der Waals surface area (Å²) < 4.78 is 0. The first-order valence-electron chi connectivity index (χ1n) is 6.15. The van der Waals surface area contributed by atoms with Gasteiger partial charge in [0.05, 0.1) is 4.92 Å². The van der Waals surface area contributed by atoms with Crippen LogP contribution in [0.3, 0.4) is 0 Å². The van der Waals surface area contributed by atoms with Gasteiger partial charge >= 0.3 is 0 Å². The largest absolute Gasteiger partial charge is 1.00 e. The Bertz CT molecular complexity index is 570. The molecule has 2 aromatic rings. The lowest BCUT2D eigenvalue weighted by Crippen LogP contribution is -3.00. The highest BCUT2D eigenvalue weighted by Crippen LogP contribution is 2.13. The van der Waals surface area contributed by atoms with Crippen molar-refractivity contribution >= 4 is 5.69 Å². The first-order valence-corrected chi connectivity index (χ1v) is 6.15. The lowest BCUT2D eigenvalue weighted by Gasteiger charge is -2.05. The van der Waals surface area contributed by atoms with Gasteiger partial charge in [-0.05, 0) is 18.1 Å². The molecule has 2 aromatic carbocycles. The molecular weight excluding hydrogens is 276 g/mol. The van der Waals surface area contributed by atoms with Crippen LogP contribution in [0.15, 0.2) is 48.5 Å². The minimum atomic E-state index is -0.372. The van der Waals surface area contributed by atoms with E-state index in [9.17, 15) is 10.1 Å². The highest BCUT2D eigenvalue weighted by molar-refractivity contribution is 5.34. The summed E-state index contributed by atoms with van der Waals surface area (Å²) in [5.41, 5.74) is 3.49. The summed E-state index contributed by atoms with van der Waals surface area (Å²) in [6.07, 6.45) is 0. The van der Waals surface area contributed by atoms with Crippen molar-refractivity contribution < 1.29 is 17.3 Å². The molecule has 0 unspecified atom stereocenters. The highest BCUT2D eigenvalue weighted by Gasteiger charge is 2.04. The van der Waals surface area contributed by atoms with Gasteiger partial charge in [-0.25, -0.2) is 0 Å². The Kier molecular flexibility index (Phi) is 6.15. The number of nitro groups is 1. The van der Waals surface area contributed by atoms with Gasteiger partial charge in [0.25, 0.3) is 5.69 Å². The zero-order valence-electron chi connectivity index (χ0n) is 11.2. The third-order valence-corrected chi connectivity index (χ3v) is 2.90. The fourth-order valence-electron chi connectivity index (χ4n) is 1.84. The van der Waals surface area contributed by atoms with Crippen molar-refractivity contribution in [3.8, 4) is 0 Å². The normalized spacial score (nSPS) is 9.85. The van der Waals surface area contributed by atoms with Crippen molar-refractivity contribution in [3.05, 3.63) is 75.3 Å².